The van der Waals surface area contributed by atoms with Crippen LogP contribution in [0.2, 0.25) is 0 Å². The van der Waals surface area contributed by atoms with E-state index in [1.54, 1.807) is 6.20 Å². The maximum atomic E-state index is 14.1. The Balaban J connectivity index is 1.67. The van der Waals surface area contributed by atoms with Crippen molar-refractivity contribution in [1.82, 2.24) is 4.98 Å². The Bertz CT molecular complexity index is 702. The molecular weight excluding hydrogens is 401 g/mol. The van der Waals surface area contributed by atoms with Gasteiger partial charge in [0.05, 0.1) is 18.5 Å². The summed E-state index contributed by atoms with van der Waals surface area (Å²) < 4.78 is 25.5. The van der Waals surface area contributed by atoms with Gasteiger partial charge in [-0.15, -0.1) is 0 Å². The summed E-state index contributed by atoms with van der Waals surface area (Å²) in [6, 6.07) is 11.8. The van der Waals surface area contributed by atoms with Gasteiger partial charge in [0.2, 0.25) is 0 Å². The first-order valence-corrected chi connectivity index (χ1v) is 12.7. The highest BCUT2D eigenvalue weighted by Crippen LogP contribution is 2.23. The van der Waals surface area contributed by atoms with E-state index in [-0.39, 0.29) is 6.61 Å². The topological polar surface area (TPSA) is 31.4 Å². The summed E-state index contributed by atoms with van der Waals surface area (Å²) in [5.41, 5.74) is 1.89. The minimum atomic E-state index is -0.917. The Morgan fingerprint density at radius 1 is 0.719 bits per heavy atom. The molecule has 0 aliphatic carbocycles. The van der Waals surface area contributed by atoms with Gasteiger partial charge < -0.3 is 9.47 Å². The zero-order valence-corrected chi connectivity index (χ0v) is 20.2. The molecule has 2 rings (SSSR count). The Kier molecular flexibility index (Phi) is 13.5. The molecule has 0 aliphatic rings. The summed E-state index contributed by atoms with van der Waals surface area (Å²) in [5.74, 6) is 1.51. The van der Waals surface area contributed by atoms with Gasteiger partial charge in [0.25, 0.3) is 0 Å². The molecule has 4 heteroatoms. The predicted octanol–water partition coefficient (Wildman–Crippen LogP) is 8.57. The quantitative estimate of drug-likeness (QED) is 0.216. The van der Waals surface area contributed by atoms with Crippen LogP contribution in [0.25, 0.3) is 11.3 Å². The number of aromatic nitrogens is 1. The van der Waals surface area contributed by atoms with Crippen molar-refractivity contribution >= 4 is 0 Å². The standard InChI is InChI=1S/C28H42FNO2/c1-3-5-7-9-10-12-14-25(29)23-32-27-19-20-28(30-22-27)24-15-17-26(18-16-24)31-21-13-11-8-6-4-2/h15-20,22,25H,3-14,21,23H2,1-2H3. The molecule has 3 nitrogen and oxygen atoms in total. The third-order valence-corrected chi connectivity index (χ3v) is 5.70. The highest BCUT2D eigenvalue weighted by Gasteiger charge is 2.08. The van der Waals surface area contributed by atoms with Crippen molar-refractivity contribution in [2.24, 2.45) is 0 Å². The number of hydrogen-bond donors (Lipinski definition) is 0. The number of unbranched alkanes of at least 4 members (excludes halogenated alkanes) is 9. The van der Waals surface area contributed by atoms with Crippen LogP contribution >= 0.6 is 0 Å². The summed E-state index contributed by atoms with van der Waals surface area (Å²) in [6.45, 7) is 5.30. The first-order chi connectivity index (χ1) is 15.7. The normalized spacial score (nSPS) is 12.0. The van der Waals surface area contributed by atoms with E-state index in [2.05, 4.69) is 18.8 Å². The zero-order chi connectivity index (χ0) is 22.9. The molecule has 1 atom stereocenters. The second kappa shape index (κ2) is 16.5. The van der Waals surface area contributed by atoms with Gasteiger partial charge in [-0.05, 0) is 49.2 Å². The average Bonchev–Trinajstić information content (AvgIpc) is 2.83. The fraction of sp³-hybridized carbons (Fsp3) is 0.607. The van der Waals surface area contributed by atoms with Gasteiger partial charge in [-0.2, -0.15) is 0 Å². The number of nitrogens with zero attached hydrogens (tertiary/aromatic N) is 1. The minimum absolute atomic E-state index is 0.0977. The van der Waals surface area contributed by atoms with E-state index in [9.17, 15) is 4.39 Å². The fourth-order valence-electron chi connectivity index (χ4n) is 3.67. The van der Waals surface area contributed by atoms with Crippen molar-refractivity contribution in [2.45, 2.75) is 97.1 Å². The SMILES string of the molecule is CCCCCCCCC(F)COc1ccc(-c2ccc(OCCCCCCC)cc2)nc1. The van der Waals surface area contributed by atoms with E-state index in [0.717, 1.165) is 42.9 Å². The van der Waals surface area contributed by atoms with Crippen LogP contribution in [0.15, 0.2) is 42.6 Å². The molecule has 2 aromatic rings. The summed E-state index contributed by atoms with van der Waals surface area (Å²) in [7, 11) is 0. The van der Waals surface area contributed by atoms with E-state index < -0.39 is 6.17 Å². The maximum absolute atomic E-state index is 14.1. The first kappa shape index (κ1) is 26.2. The molecule has 0 fully saturated rings. The minimum Gasteiger partial charge on any atom is -0.494 e. The van der Waals surface area contributed by atoms with Crippen LogP contribution in [0.1, 0.15) is 90.9 Å². The lowest BCUT2D eigenvalue weighted by Gasteiger charge is -2.11. The monoisotopic (exact) mass is 443 g/mol. The molecule has 1 unspecified atom stereocenters. The van der Waals surface area contributed by atoms with Crippen molar-refractivity contribution in [1.29, 1.82) is 0 Å². The Labute approximate surface area is 194 Å². The summed E-state index contributed by atoms with van der Waals surface area (Å²) in [5, 5.41) is 0. The molecule has 0 amide bonds. The van der Waals surface area contributed by atoms with E-state index in [1.807, 2.05) is 36.4 Å². The highest BCUT2D eigenvalue weighted by molar-refractivity contribution is 5.60. The van der Waals surface area contributed by atoms with E-state index in [0.29, 0.717) is 12.2 Å². The van der Waals surface area contributed by atoms with E-state index in [4.69, 9.17) is 9.47 Å². The molecule has 0 spiro atoms. The second-order valence-electron chi connectivity index (χ2n) is 8.63. The number of rotatable bonds is 18. The first-order valence-electron chi connectivity index (χ1n) is 12.7. The van der Waals surface area contributed by atoms with Crippen molar-refractivity contribution in [3.05, 3.63) is 42.6 Å². The van der Waals surface area contributed by atoms with Gasteiger partial charge >= 0.3 is 0 Å². The number of hydrogen-bond acceptors (Lipinski definition) is 3. The van der Waals surface area contributed by atoms with Gasteiger partial charge in [0.15, 0.2) is 0 Å². The highest BCUT2D eigenvalue weighted by atomic mass is 19.1. The predicted molar refractivity (Wildman–Crippen MR) is 132 cm³/mol. The third kappa shape index (κ3) is 11.0. The van der Waals surface area contributed by atoms with Crippen LogP contribution in [0.3, 0.4) is 0 Å². The van der Waals surface area contributed by atoms with Crippen LogP contribution < -0.4 is 9.47 Å². The van der Waals surface area contributed by atoms with Crippen molar-refractivity contribution in [2.75, 3.05) is 13.2 Å². The van der Waals surface area contributed by atoms with Crippen LogP contribution in [-0.4, -0.2) is 24.4 Å². The van der Waals surface area contributed by atoms with Gasteiger partial charge in [-0.25, -0.2) is 4.39 Å². The lowest BCUT2D eigenvalue weighted by Crippen LogP contribution is -2.12. The number of alkyl halides is 1. The molecule has 178 valence electrons. The summed E-state index contributed by atoms with van der Waals surface area (Å²) in [4.78, 5) is 4.48. The second-order valence-corrected chi connectivity index (χ2v) is 8.63. The third-order valence-electron chi connectivity index (χ3n) is 5.70. The zero-order valence-electron chi connectivity index (χ0n) is 20.2. The number of ether oxygens (including phenoxy) is 2. The molecule has 0 N–H and O–H groups in total. The smallest absolute Gasteiger partial charge is 0.137 e. The average molecular weight is 444 g/mol. The molecule has 1 heterocycles. The van der Waals surface area contributed by atoms with Crippen LogP contribution in [-0.2, 0) is 0 Å². The lowest BCUT2D eigenvalue weighted by atomic mass is 10.1. The molecule has 0 radical (unpaired) electrons. The van der Waals surface area contributed by atoms with Gasteiger partial charge in [-0.3, -0.25) is 4.98 Å². The van der Waals surface area contributed by atoms with Crippen LogP contribution in [0.4, 0.5) is 4.39 Å². The fourth-order valence-corrected chi connectivity index (χ4v) is 3.67. The summed E-state index contributed by atoms with van der Waals surface area (Å²) in [6.07, 6.45) is 14.6. The lowest BCUT2D eigenvalue weighted by molar-refractivity contribution is 0.183. The molecule has 1 aromatic carbocycles. The number of pyridine rings is 1. The Hall–Kier alpha value is -2.10. The number of benzene rings is 1. The molecular formula is C28H42FNO2. The molecule has 0 saturated carbocycles. The van der Waals surface area contributed by atoms with Gasteiger partial charge in [-0.1, -0.05) is 78.1 Å². The van der Waals surface area contributed by atoms with Crippen molar-refractivity contribution in [3.8, 4) is 22.8 Å². The molecule has 32 heavy (non-hydrogen) atoms. The Morgan fingerprint density at radius 2 is 1.34 bits per heavy atom. The maximum Gasteiger partial charge on any atom is 0.137 e. The molecule has 0 saturated heterocycles. The van der Waals surface area contributed by atoms with Gasteiger partial charge in [0.1, 0.15) is 24.3 Å². The molecule has 0 aliphatic heterocycles. The Morgan fingerprint density at radius 3 is 2.00 bits per heavy atom. The largest absolute Gasteiger partial charge is 0.494 e. The van der Waals surface area contributed by atoms with Crippen LogP contribution in [0.5, 0.6) is 11.5 Å². The summed E-state index contributed by atoms with van der Waals surface area (Å²) >= 11 is 0. The molecule has 0 bridgehead atoms. The number of halogens is 1. The van der Waals surface area contributed by atoms with Crippen molar-refractivity contribution < 1.29 is 13.9 Å². The van der Waals surface area contributed by atoms with E-state index in [1.165, 1.54) is 51.4 Å². The van der Waals surface area contributed by atoms with Crippen LogP contribution in [0, 0.1) is 0 Å². The van der Waals surface area contributed by atoms with Crippen molar-refractivity contribution in [3.63, 3.8) is 0 Å². The van der Waals surface area contributed by atoms with E-state index >= 15 is 0 Å². The van der Waals surface area contributed by atoms with Gasteiger partial charge in [0, 0.05) is 5.56 Å². The molecule has 1 aromatic heterocycles.